The second-order valence-corrected chi connectivity index (χ2v) is 24.1. The van der Waals surface area contributed by atoms with E-state index in [2.05, 4.69) is 6.92 Å². The number of carbonyl (C=O) groups excluding carboxylic acids is 1. The Morgan fingerprint density at radius 2 is 1.00 bits per heavy atom. The molecule has 5 aliphatic heterocycles. The maximum Gasteiger partial charge on any atom is 0.162 e. The van der Waals surface area contributed by atoms with Crippen LogP contribution in [0.5, 0.6) is 0 Å². The number of methoxy groups -OCH3 is 4. The Balaban J connectivity index is 0.747. The Morgan fingerprint density at radius 3 is 1.46 bits per heavy atom. The van der Waals surface area contributed by atoms with Crippen LogP contribution in [0.4, 0.5) is 0 Å². The molecule has 8 fully saturated rings. The SMILES string of the molecule is COC1CC(OC2C(C)OC(OC3C(C)OC(OC4C(C)OC(OC5C(O)CC(OC6CCC7(C)C(=CCC8(O)C7CC(O)C7(C)C(O)(C(C)=O)CCC87O)C6)OC5C)CC4OC)CC3OC)CC2OC)OC(C)C1O. The van der Waals surface area contributed by atoms with Crippen LogP contribution in [0.15, 0.2) is 11.6 Å². The van der Waals surface area contributed by atoms with Crippen LogP contribution in [0, 0.1) is 16.7 Å². The number of rotatable bonds is 15. The van der Waals surface area contributed by atoms with Gasteiger partial charge in [0, 0.05) is 66.5 Å². The Kier molecular flexibility index (Phi) is 17.7. The molecular formula is C55H90O21. The third-order valence-electron chi connectivity index (χ3n) is 20.1. The molecule has 76 heavy (non-hydrogen) atoms. The molecule has 0 spiro atoms. The number of carbonyl (C=O) groups is 1. The number of fused-ring (bicyclic) bond motifs is 5. The lowest BCUT2D eigenvalue weighted by atomic mass is 9.42. The van der Waals surface area contributed by atoms with Crippen molar-refractivity contribution in [1.29, 1.82) is 0 Å². The molecule has 0 aromatic rings. The van der Waals surface area contributed by atoms with Crippen molar-refractivity contribution in [3.05, 3.63) is 11.6 Å². The van der Waals surface area contributed by atoms with Crippen LogP contribution in [0.2, 0.25) is 0 Å². The van der Waals surface area contributed by atoms with Crippen LogP contribution >= 0.6 is 0 Å². The van der Waals surface area contributed by atoms with Gasteiger partial charge in [-0.2, -0.15) is 0 Å². The maximum atomic E-state index is 12.8. The summed E-state index contributed by atoms with van der Waals surface area (Å²) in [6, 6.07) is 0. The molecule has 0 bridgehead atoms. The summed E-state index contributed by atoms with van der Waals surface area (Å²) in [5.74, 6) is -1.05. The summed E-state index contributed by atoms with van der Waals surface area (Å²) < 4.78 is 87.6. The summed E-state index contributed by atoms with van der Waals surface area (Å²) in [5, 5.41) is 70.3. The summed E-state index contributed by atoms with van der Waals surface area (Å²) in [6.07, 6.45) is -7.35. The van der Waals surface area contributed by atoms with E-state index in [1.165, 1.54) is 6.92 Å². The Labute approximate surface area is 447 Å². The number of ether oxygens (including phenoxy) is 14. The molecule has 0 amide bonds. The molecule has 0 aromatic heterocycles. The van der Waals surface area contributed by atoms with Gasteiger partial charge >= 0.3 is 0 Å². The van der Waals surface area contributed by atoms with Crippen molar-refractivity contribution < 1.29 is 102 Å². The molecular weight excluding hydrogens is 997 g/mol. The predicted octanol–water partition coefficient (Wildman–Crippen LogP) is 2.85. The fraction of sp³-hybridized carbons (Fsp3) is 0.945. The number of hydrogen-bond acceptors (Lipinski definition) is 21. The highest BCUT2D eigenvalue weighted by Crippen LogP contribution is 2.70. The van der Waals surface area contributed by atoms with Gasteiger partial charge in [-0.1, -0.05) is 25.5 Å². The van der Waals surface area contributed by atoms with Crippen LogP contribution in [0.1, 0.15) is 132 Å². The minimum atomic E-state index is -1.96. The highest BCUT2D eigenvalue weighted by atomic mass is 16.8. The van der Waals surface area contributed by atoms with Gasteiger partial charge in [0.1, 0.15) is 47.3 Å². The van der Waals surface area contributed by atoms with Crippen molar-refractivity contribution in [2.75, 3.05) is 28.4 Å². The van der Waals surface area contributed by atoms with Crippen molar-refractivity contribution in [3.63, 3.8) is 0 Å². The van der Waals surface area contributed by atoms with Gasteiger partial charge in [-0.15, -0.1) is 0 Å². The van der Waals surface area contributed by atoms with Crippen LogP contribution < -0.4 is 0 Å². The first-order valence-electron chi connectivity index (χ1n) is 28.0. The average Bonchev–Trinajstić information content (AvgIpc) is 3.63. The van der Waals surface area contributed by atoms with E-state index in [1.807, 2.05) is 33.8 Å². The summed E-state index contributed by atoms with van der Waals surface area (Å²) in [7, 11) is 6.43. The molecule has 3 saturated carbocycles. The fourth-order valence-corrected chi connectivity index (χ4v) is 15.4. The van der Waals surface area contributed by atoms with Crippen molar-refractivity contribution >= 4 is 5.78 Å². The number of aliphatic hydroxyl groups excluding tert-OH is 3. The average molecular weight is 1090 g/mol. The van der Waals surface area contributed by atoms with Gasteiger partial charge in [-0.05, 0) is 91.9 Å². The fourth-order valence-electron chi connectivity index (χ4n) is 15.4. The lowest BCUT2D eigenvalue weighted by molar-refractivity contribution is -0.351. The zero-order chi connectivity index (χ0) is 55.0. The van der Waals surface area contributed by atoms with Gasteiger partial charge in [0.15, 0.2) is 37.2 Å². The molecule has 9 aliphatic rings. The summed E-state index contributed by atoms with van der Waals surface area (Å²) in [4.78, 5) is 12.8. The van der Waals surface area contributed by atoms with Gasteiger partial charge in [-0.3, -0.25) is 4.79 Å². The van der Waals surface area contributed by atoms with E-state index in [0.717, 1.165) is 5.57 Å². The normalized spacial score (nSPS) is 53.8. The first-order chi connectivity index (χ1) is 35.9. The van der Waals surface area contributed by atoms with E-state index in [4.69, 9.17) is 66.3 Å². The van der Waals surface area contributed by atoms with E-state index >= 15 is 0 Å². The van der Waals surface area contributed by atoms with E-state index in [-0.39, 0.29) is 44.3 Å². The number of hydrogen-bond donors (Lipinski definition) is 6. The molecule has 5 heterocycles. The monoisotopic (exact) mass is 1090 g/mol. The van der Waals surface area contributed by atoms with Crippen LogP contribution in [0.25, 0.3) is 0 Å². The molecule has 5 saturated heterocycles. The molecule has 6 N–H and O–H groups in total. The van der Waals surface area contributed by atoms with Crippen LogP contribution in [-0.2, 0) is 71.1 Å². The summed E-state index contributed by atoms with van der Waals surface area (Å²) in [5.41, 5.74) is -6.67. The smallest absolute Gasteiger partial charge is 0.162 e. The third kappa shape index (κ3) is 10.2. The zero-order valence-corrected chi connectivity index (χ0v) is 46.6. The Hall–Kier alpha value is -1.39. The van der Waals surface area contributed by atoms with E-state index in [1.54, 1.807) is 42.3 Å². The molecule has 28 unspecified atom stereocenters. The highest BCUT2D eigenvalue weighted by molar-refractivity contribution is 5.87. The van der Waals surface area contributed by atoms with Gasteiger partial charge in [0.25, 0.3) is 0 Å². The van der Waals surface area contributed by atoms with Crippen LogP contribution in [-0.4, -0.2) is 217 Å². The maximum absolute atomic E-state index is 12.8. The molecule has 9 rings (SSSR count). The van der Waals surface area contributed by atoms with Gasteiger partial charge in [0.2, 0.25) is 0 Å². The van der Waals surface area contributed by atoms with E-state index in [9.17, 15) is 35.4 Å². The third-order valence-corrected chi connectivity index (χ3v) is 20.1. The molecule has 436 valence electrons. The molecule has 28 atom stereocenters. The second kappa shape index (κ2) is 22.7. The Bertz CT molecular complexity index is 2020. The summed E-state index contributed by atoms with van der Waals surface area (Å²) >= 11 is 0. The van der Waals surface area contributed by atoms with Crippen LogP contribution in [0.3, 0.4) is 0 Å². The first kappa shape index (κ1) is 59.2. The largest absolute Gasteiger partial charge is 0.392 e. The standard InChI is InChI=1S/C55H90O21/c1-26-46(59)35(63-9)21-42(67-26)74-48-29(4)70-44(23-37(48)65-11)76-50-30(5)71-45(24-38(50)66-12)75-49-28(3)69-43(22-36(49)64-10)73-47-27(2)68-41(20-34(47)57)72-33-14-15-51(7)32(19-33)13-16-54(61)39(51)25-40(58)52(8)53(60,31(6)56)17-18-55(52,54)62/h13,26-30,33-50,57-62H,14-25H2,1-12H3. The minimum Gasteiger partial charge on any atom is -0.392 e. The lowest BCUT2D eigenvalue weighted by Gasteiger charge is -2.66. The number of aliphatic hydroxyl groups is 6. The number of ketones is 1. The zero-order valence-electron chi connectivity index (χ0n) is 46.6. The topological polar surface area (TPSA) is 268 Å². The van der Waals surface area contributed by atoms with Crippen molar-refractivity contribution in [1.82, 2.24) is 0 Å². The quantitative estimate of drug-likeness (QED) is 0.129. The predicted molar refractivity (Wildman–Crippen MR) is 266 cm³/mol. The number of Topliss-reactive ketones (excluding diaryl/α,β-unsaturated/α-hetero) is 1. The van der Waals surface area contributed by atoms with Crippen molar-refractivity contribution in [2.45, 2.75) is 284 Å². The Morgan fingerprint density at radius 1 is 0.566 bits per heavy atom. The molecule has 21 heteroatoms. The second-order valence-electron chi connectivity index (χ2n) is 24.1. The van der Waals surface area contributed by atoms with Gasteiger partial charge in [-0.25, -0.2) is 0 Å². The lowest BCUT2D eigenvalue weighted by Crippen LogP contribution is -2.78. The highest BCUT2D eigenvalue weighted by Gasteiger charge is 2.80. The minimum absolute atomic E-state index is 0.00790. The van der Waals surface area contributed by atoms with Crippen molar-refractivity contribution in [3.8, 4) is 0 Å². The molecule has 21 nitrogen and oxygen atoms in total. The first-order valence-corrected chi connectivity index (χ1v) is 28.0. The molecule has 0 radical (unpaired) electrons. The molecule has 0 aromatic carbocycles. The van der Waals surface area contributed by atoms with E-state index in [0.29, 0.717) is 44.9 Å². The van der Waals surface area contributed by atoms with Crippen molar-refractivity contribution in [2.24, 2.45) is 16.7 Å². The van der Waals surface area contributed by atoms with E-state index < -0.39 is 162 Å². The van der Waals surface area contributed by atoms with Gasteiger partial charge < -0.3 is 97.0 Å². The molecule has 4 aliphatic carbocycles. The summed E-state index contributed by atoms with van der Waals surface area (Å²) in [6.45, 7) is 14.2. The van der Waals surface area contributed by atoms with Gasteiger partial charge in [0.05, 0.1) is 78.7 Å².